The monoisotopic (exact) mass is 495 g/mol. The van der Waals surface area contributed by atoms with Gasteiger partial charge in [0.05, 0.1) is 42.4 Å². The Balaban J connectivity index is 1.40. The van der Waals surface area contributed by atoms with Crippen molar-refractivity contribution in [2.75, 3.05) is 7.11 Å². The van der Waals surface area contributed by atoms with E-state index in [0.29, 0.717) is 11.3 Å². The molecule has 0 saturated carbocycles. The van der Waals surface area contributed by atoms with Crippen LogP contribution in [0.2, 0.25) is 0 Å². The first-order valence-electron chi connectivity index (χ1n) is 11.8. The van der Waals surface area contributed by atoms with E-state index in [0.717, 1.165) is 22.2 Å². The fourth-order valence-electron chi connectivity index (χ4n) is 4.16. The van der Waals surface area contributed by atoms with Crippen molar-refractivity contribution in [3.63, 3.8) is 0 Å². The number of esters is 1. The summed E-state index contributed by atoms with van der Waals surface area (Å²) in [6, 6.07) is 25.4. The van der Waals surface area contributed by atoms with Crippen molar-refractivity contribution in [2.24, 2.45) is 0 Å². The first-order chi connectivity index (χ1) is 18.0. The van der Waals surface area contributed by atoms with Gasteiger partial charge in [0.25, 0.3) is 5.91 Å². The number of ether oxygens (including phenoxy) is 2. The van der Waals surface area contributed by atoms with Crippen LogP contribution in [0.1, 0.15) is 39.5 Å². The summed E-state index contributed by atoms with van der Waals surface area (Å²) in [5.74, 6) is 0.186. The highest BCUT2D eigenvalue weighted by atomic mass is 16.5. The Morgan fingerprint density at radius 2 is 1.76 bits per heavy atom. The van der Waals surface area contributed by atoms with Gasteiger partial charge in [0, 0.05) is 5.39 Å². The summed E-state index contributed by atoms with van der Waals surface area (Å²) < 4.78 is 18.2. The van der Waals surface area contributed by atoms with E-state index in [2.05, 4.69) is 10.4 Å². The zero-order chi connectivity index (χ0) is 25.8. The van der Waals surface area contributed by atoms with Gasteiger partial charge in [0.1, 0.15) is 11.9 Å². The number of aromatic nitrogens is 2. The van der Waals surface area contributed by atoms with E-state index in [1.807, 2.05) is 67.6 Å². The first-order valence-corrected chi connectivity index (χ1v) is 11.8. The third-order valence-corrected chi connectivity index (χ3v) is 6.02. The van der Waals surface area contributed by atoms with Gasteiger partial charge in [0.15, 0.2) is 5.76 Å². The maximum Gasteiger partial charge on any atom is 0.337 e. The second kappa shape index (κ2) is 10.4. The minimum atomic E-state index is -0.446. The molecule has 8 nitrogen and oxygen atoms in total. The highest BCUT2D eigenvalue weighted by Gasteiger charge is 2.24. The quantitative estimate of drug-likeness (QED) is 0.292. The number of fused-ring (bicyclic) bond motifs is 1. The number of hydrogen-bond acceptors (Lipinski definition) is 6. The van der Waals surface area contributed by atoms with Gasteiger partial charge in [0.2, 0.25) is 0 Å². The molecule has 0 aliphatic heterocycles. The van der Waals surface area contributed by atoms with Gasteiger partial charge < -0.3 is 19.2 Å². The van der Waals surface area contributed by atoms with Crippen LogP contribution in [0.3, 0.4) is 0 Å². The van der Waals surface area contributed by atoms with E-state index in [-0.39, 0.29) is 23.7 Å². The van der Waals surface area contributed by atoms with E-state index < -0.39 is 6.10 Å². The number of rotatable bonds is 8. The maximum absolute atomic E-state index is 12.6. The second-order valence-electron chi connectivity index (χ2n) is 8.50. The Morgan fingerprint density at radius 3 is 2.46 bits per heavy atom. The molecule has 0 saturated heterocycles. The molecule has 1 N–H and O–H groups in total. The van der Waals surface area contributed by atoms with Crippen LogP contribution in [-0.4, -0.2) is 34.8 Å². The number of nitrogens with one attached hydrogen (secondary N) is 1. The van der Waals surface area contributed by atoms with E-state index in [9.17, 15) is 9.59 Å². The Bertz CT molecular complexity index is 1510. The number of furan rings is 1. The van der Waals surface area contributed by atoms with E-state index in [1.165, 1.54) is 13.4 Å². The van der Waals surface area contributed by atoms with Crippen molar-refractivity contribution < 1.29 is 23.5 Å². The Labute approximate surface area is 213 Å². The summed E-state index contributed by atoms with van der Waals surface area (Å²) in [6.07, 6.45) is 2.78. The summed E-state index contributed by atoms with van der Waals surface area (Å²) in [4.78, 5) is 24.3. The lowest BCUT2D eigenvalue weighted by molar-refractivity contribution is 0.0600. The lowest BCUT2D eigenvalue weighted by Gasteiger charge is -2.26. The van der Waals surface area contributed by atoms with Crippen LogP contribution in [0, 0.1) is 0 Å². The molecule has 8 heteroatoms. The topological polar surface area (TPSA) is 95.6 Å². The Hall–Kier alpha value is -4.85. The zero-order valence-electron chi connectivity index (χ0n) is 20.3. The molecule has 3 aromatic carbocycles. The van der Waals surface area contributed by atoms with E-state index >= 15 is 0 Å². The van der Waals surface area contributed by atoms with Gasteiger partial charge in [-0.25, -0.2) is 9.48 Å². The number of carbonyl (C=O) groups is 2. The summed E-state index contributed by atoms with van der Waals surface area (Å²) in [5, 5.41) is 8.38. The fraction of sp³-hybridized carbons (Fsp3) is 0.138. The standard InChI is InChI=1S/C29H25N3O5/c1-19(31-28(33)26-9-6-16-36-26)27(20-7-4-3-5-8-20)37-24-14-15-25-22(17-24)18-30-32(25)23-12-10-21(11-13-23)29(34)35-2/h3-19,27H,1-2H3,(H,31,33)/t19-,27-/m0/s1. The molecular weight excluding hydrogens is 470 g/mol. The van der Waals surface area contributed by atoms with Crippen LogP contribution in [-0.2, 0) is 4.74 Å². The highest BCUT2D eigenvalue weighted by Crippen LogP contribution is 2.29. The van der Waals surface area contributed by atoms with Gasteiger partial charge in [-0.15, -0.1) is 0 Å². The molecule has 0 unspecified atom stereocenters. The molecule has 5 rings (SSSR count). The maximum atomic E-state index is 12.6. The smallest absolute Gasteiger partial charge is 0.337 e. The van der Waals surface area contributed by atoms with Crippen LogP contribution in [0.5, 0.6) is 5.75 Å². The Kier molecular flexibility index (Phi) is 6.72. The molecule has 0 radical (unpaired) electrons. The summed E-state index contributed by atoms with van der Waals surface area (Å²) in [5.41, 5.74) is 3.09. The summed E-state index contributed by atoms with van der Waals surface area (Å²) >= 11 is 0. The molecule has 1 amide bonds. The normalized spacial score (nSPS) is 12.6. The number of benzene rings is 3. The van der Waals surface area contributed by atoms with Crippen molar-refractivity contribution >= 4 is 22.8 Å². The van der Waals surface area contributed by atoms with Crippen molar-refractivity contribution in [3.8, 4) is 11.4 Å². The molecule has 0 aliphatic rings. The molecule has 2 aromatic heterocycles. The van der Waals surface area contributed by atoms with Crippen LogP contribution in [0.4, 0.5) is 0 Å². The lowest BCUT2D eigenvalue weighted by Crippen LogP contribution is -2.39. The van der Waals surface area contributed by atoms with Gasteiger partial charge in [-0.2, -0.15) is 5.10 Å². The van der Waals surface area contributed by atoms with Crippen molar-refractivity contribution in [3.05, 3.63) is 114 Å². The van der Waals surface area contributed by atoms with Crippen molar-refractivity contribution in [1.82, 2.24) is 15.1 Å². The minimum absolute atomic E-state index is 0.243. The molecule has 0 spiro atoms. The van der Waals surface area contributed by atoms with Gasteiger partial charge in [-0.1, -0.05) is 30.3 Å². The number of amides is 1. The SMILES string of the molecule is COC(=O)c1ccc(-n2ncc3cc(O[C@H](c4ccccc4)[C@H](C)NC(=O)c4ccco4)ccc32)cc1. The summed E-state index contributed by atoms with van der Waals surface area (Å²) in [7, 11) is 1.35. The third kappa shape index (κ3) is 5.08. The average Bonchev–Trinajstić information content (AvgIpc) is 3.62. The number of methoxy groups -OCH3 is 1. The van der Waals surface area contributed by atoms with Crippen LogP contribution >= 0.6 is 0 Å². The van der Waals surface area contributed by atoms with E-state index in [1.54, 1.807) is 35.1 Å². The van der Waals surface area contributed by atoms with Crippen LogP contribution in [0.25, 0.3) is 16.6 Å². The molecular formula is C29H25N3O5. The zero-order valence-corrected chi connectivity index (χ0v) is 20.3. The van der Waals surface area contributed by atoms with Gasteiger partial charge in [-0.05, 0) is 67.1 Å². The minimum Gasteiger partial charge on any atom is -0.484 e. The van der Waals surface area contributed by atoms with Crippen LogP contribution < -0.4 is 10.1 Å². The summed E-state index contributed by atoms with van der Waals surface area (Å²) in [6.45, 7) is 1.90. The average molecular weight is 496 g/mol. The Morgan fingerprint density at radius 1 is 0.973 bits per heavy atom. The van der Waals surface area contributed by atoms with Gasteiger partial charge >= 0.3 is 5.97 Å². The highest BCUT2D eigenvalue weighted by molar-refractivity contribution is 5.91. The van der Waals surface area contributed by atoms with Crippen molar-refractivity contribution in [2.45, 2.75) is 19.1 Å². The van der Waals surface area contributed by atoms with Gasteiger partial charge in [-0.3, -0.25) is 4.79 Å². The number of hydrogen-bond donors (Lipinski definition) is 1. The largest absolute Gasteiger partial charge is 0.484 e. The first kappa shape index (κ1) is 23.9. The molecule has 5 aromatic rings. The number of carbonyl (C=O) groups excluding carboxylic acids is 2. The molecule has 2 atom stereocenters. The van der Waals surface area contributed by atoms with Crippen LogP contribution in [0.15, 0.2) is 102 Å². The molecule has 0 bridgehead atoms. The molecule has 186 valence electrons. The fourth-order valence-corrected chi connectivity index (χ4v) is 4.16. The molecule has 37 heavy (non-hydrogen) atoms. The van der Waals surface area contributed by atoms with Crippen molar-refractivity contribution in [1.29, 1.82) is 0 Å². The van der Waals surface area contributed by atoms with E-state index in [4.69, 9.17) is 13.9 Å². The molecule has 2 heterocycles. The number of nitrogens with zero attached hydrogens (tertiary/aromatic N) is 2. The second-order valence-corrected chi connectivity index (χ2v) is 8.50. The third-order valence-electron chi connectivity index (χ3n) is 6.02. The molecule has 0 aliphatic carbocycles. The lowest BCUT2D eigenvalue weighted by atomic mass is 10.0. The predicted molar refractivity (Wildman–Crippen MR) is 138 cm³/mol. The molecule has 0 fully saturated rings. The predicted octanol–water partition coefficient (Wildman–Crippen LogP) is 5.34.